The maximum Gasteiger partial charge on any atom is 0.339 e. The van der Waals surface area contributed by atoms with Gasteiger partial charge in [-0.25, -0.2) is 10.2 Å². The van der Waals surface area contributed by atoms with Gasteiger partial charge in [0.25, 0.3) is 0 Å². The van der Waals surface area contributed by atoms with Crippen molar-refractivity contribution in [3.63, 3.8) is 0 Å². The summed E-state index contributed by atoms with van der Waals surface area (Å²) in [5.74, 6) is 0.696. The minimum absolute atomic E-state index is 0.397. The fourth-order valence-corrected chi connectivity index (χ4v) is 1.82. The second kappa shape index (κ2) is 7.09. The lowest BCUT2D eigenvalue weighted by Crippen LogP contribution is -2.24. The number of hydrazone groups is 1. The highest BCUT2D eigenvalue weighted by molar-refractivity contribution is 5.90. The van der Waals surface area contributed by atoms with E-state index in [1.54, 1.807) is 7.11 Å². The van der Waals surface area contributed by atoms with E-state index < -0.39 is 6.03 Å². The molecular formula is C16H17N3O2. The van der Waals surface area contributed by atoms with Gasteiger partial charge in [0.05, 0.1) is 13.3 Å². The SMILES string of the molecule is COc1ccccc1C=NNC(=O)Nc1cccc(C)c1. The molecular weight excluding hydrogens is 266 g/mol. The number of carbonyl (C=O) groups is 1. The number of hydrogen-bond donors (Lipinski definition) is 2. The molecule has 0 bridgehead atoms. The molecule has 0 aromatic heterocycles. The highest BCUT2D eigenvalue weighted by atomic mass is 16.5. The zero-order valence-corrected chi connectivity index (χ0v) is 12.0. The molecule has 0 spiro atoms. The molecule has 0 heterocycles. The molecule has 2 N–H and O–H groups in total. The Balaban J connectivity index is 1.93. The Hall–Kier alpha value is -2.82. The summed E-state index contributed by atoms with van der Waals surface area (Å²) < 4.78 is 5.19. The number of benzene rings is 2. The third-order valence-electron chi connectivity index (χ3n) is 2.78. The molecule has 0 atom stereocenters. The van der Waals surface area contributed by atoms with Crippen LogP contribution in [0.1, 0.15) is 11.1 Å². The number of para-hydroxylation sites is 1. The lowest BCUT2D eigenvalue weighted by Gasteiger charge is -2.05. The van der Waals surface area contributed by atoms with E-state index in [2.05, 4.69) is 15.8 Å². The standard InChI is InChI=1S/C16H17N3O2/c1-12-6-5-8-14(10-12)18-16(20)19-17-11-13-7-3-4-9-15(13)21-2/h3-11H,1-2H3,(H2,18,19,20). The molecule has 0 aliphatic carbocycles. The van der Waals surface area contributed by atoms with Crippen molar-refractivity contribution >= 4 is 17.9 Å². The summed E-state index contributed by atoms with van der Waals surface area (Å²) in [6.07, 6.45) is 1.54. The zero-order chi connectivity index (χ0) is 15.1. The molecule has 0 aliphatic heterocycles. The van der Waals surface area contributed by atoms with Crippen molar-refractivity contribution in [2.75, 3.05) is 12.4 Å². The van der Waals surface area contributed by atoms with E-state index in [1.807, 2.05) is 55.5 Å². The van der Waals surface area contributed by atoms with E-state index in [0.717, 1.165) is 16.8 Å². The number of rotatable bonds is 4. The third kappa shape index (κ3) is 4.35. The van der Waals surface area contributed by atoms with Crippen LogP contribution < -0.4 is 15.5 Å². The summed E-state index contributed by atoms with van der Waals surface area (Å²) in [6, 6.07) is 14.6. The molecule has 21 heavy (non-hydrogen) atoms. The topological polar surface area (TPSA) is 62.7 Å². The Kier molecular flexibility index (Phi) is 4.93. The first-order chi connectivity index (χ1) is 10.2. The van der Waals surface area contributed by atoms with Crippen molar-refractivity contribution in [1.82, 2.24) is 5.43 Å². The largest absolute Gasteiger partial charge is 0.496 e. The number of nitrogens with one attached hydrogen (secondary N) is 2. The lowest BCUT2D eigenvalue weighted by atomic mass is 10.2. The number of nitrogens with zero attached hydrogens (tertiary/aromatic N) is 1. The van der Waals surface area contributed by atoms with Crippen LogP contribution in [0.5, 0.6) is 5.75 Å². The number of methoxy groups -OCH3 is 1. The van der Waals surface area contributed by atoms with Crippen LogP contribution in [0.2, 0.25) is 0 Å². The van der Waals surface area contributed by atoms with E-state index in [0.29, 0.717) is 5.75 Å². The smallest absolute Gasteiger partial charge is 0.339 e. The maximum atomic E-state index is 11.7. The monoisotopic (exact) mass is 283 g/mol. The molecule has 0 aliphatic rings. The molecule has 0 saturated heterocycles. The van der Waals surface area contributed by atoms with E-state index >= 15 is 0 Å². The van der Waals surface area contributed by atoms with Crippen LogP contribution in [0, 0.1) is 6.92 Å². The second-order valence-corrected chi connectivity index (χ2v) is 4.44. The molecule has 0 fully saturated rings. The molecule has 2 aromatic carbocycles. The molecule has 2 aromatic rings. The molecule has 2 amide bonds. The van der Waals surface area contributed by atoms with Gasteiger partial charge < -0.3 is 10.1 Å². The highest BCUT2D eigenvalue weighted by Crippen LogP contribution is 2.14. The molecule has 5 heteroatoms. The quantitative estimate of drug-likeness (QED) is 0.668. The Morgan fingerprint density at radius 3 is 2.76 bits per heavy atom. The minimum Gasteiger partial charge on any atom is -0.496 e. The fraction of sp³-hybridized carbons (Fsp3) is 0.125. The van der Waals surface area contributed by atoms with E-state index in [-0.39, 0.29) is 0 Å². The number of ether oxygens (including phenoxy) is 1. The van der Waals surface area contributed by atoms with Crippen LogP contribution in [0.3, 0.4) is 0 Å². The second-order valence-electron chi connectivity index (χ2n) is 4.44. The van der Waals surface area contributed by atoms with Gasteiger partial charge in [0.2, 0.25) is 0 Å². The van der Waals surface area contributed by atoms with Crippen LogP contribution in [0.25, 0.3) is 0 Å². The Morgan fingerprint density at radius 2 is 2.00 bits per heavy atom. The molecule has 5 nitrogen and oxygen atoms in total. The average molecular weight is 283 g/mol. The van der Waals surface area contributed by atoms with Crippen LogP contribution in [0.15, 0.2) is 53.6 Å². The fourth-order valence-electron chi connectivity index (χ4n) is 1.82. The highest BCUT2D eigenvalue weighted by Gasteiger charge is 2.01. The van der Waals surface area contributed by atoms with E-state index in [1.165, 1.54) is 6.21 Å². The van der Waals surface area contributed by atoms with Gasteiger partial charge in [-0.2, -0.15) is 5.10 Å². The Bertz CT molecular complexity index is 653. The van der Waals surface area contributed by atoms with Crippen LogP contribution in [-0.2, 0) is 0 Å². The average Bonchev–Trinajstić information content (AvgIpc) is 2.47. The van der Waals surface area contributed by atoms with Crippen LogP contribution >= 0.6 is 0 Å². The molecule has 2 rings (SSSR count). The van der Waals surface area contributed by atoms with Crippen molar-refractivity contribution in [3.8, 4) is 5.75 Å². The van der Waals surface area contributed by atoms with Gasteiger partial charge in [-0.3, -0.25) is 0 Å². The van der Waals surface area contributed by atoms with Crippen molar-refractivity contribution in [2.24, 2.45) is 5.10 Å². The van der Waals surface area contributed by atoms with Crippen LogP contribution in [0.4, 0.5) is 10.5 Å². The zero-order valence-electron chi connectivity index (χ0n) is 12.0. The number of anilines is 1. The first-order valence-corrected chi connectivity index (χ1v) is 6.49. The van der Waals surface area contributed by atoms with Gasteiger partial charge >= 0.3 is 6.03 Å². The molecule has 0 radical (unpaired) electrons. The van der Waals surface area contributed by atoms with E-state index in [9.17, 15) is 4.79 Å². The molecule has 108 valence electrons. The summed E-state index contributed by atoms with van der Waals surface area (Å²) >= 11 is 0. The summed E-state index contributed by atoms with van der Waals surface area (Å²) in [7, 11) is 1.59. The summed E-state index contributed by atoms with van der Waals surface area (Å²) in [4.78, 5) is 11.7. The number of hydrogen-bond acceptors (Lipinski definition) is 3. The Labute approximate surface area is 123 Å². The first kappa shape index (κ1) is 14.6. The molecule has 0 unspecified atom stereocenters. The van der Waals surface area contributed by atoms with Gasteiger partial charge in [0.1, 0.15) is 5.75 Å². The summed E-state index contributed by atoms with van der Waals surface area (Å²) in [5.41, 5.74) is 5.00. The van der Waals surface area contributed by atoms with E-state index in [4.69, 9.17) is 4.74 Å². The van der Waals surface area contributed by atoms with Gasteiger partial charge in [-0.1, -0.05) is 24.3 Å². The maximum absolute atomic E-state index is 11.7. The van der Waals surface area contributed by atoms with Gasteiger partial charge in [0, 0.05) is 11.3 Å². The number of carbonyl (C=O) groups excluding carboxylic acids is 1. The van der Waals surface area contributed by atoms with Crippen molar-refractivity contribution in [3.05, 3.63) is 59.7 Å². The summed E-state index contributed by atoms with van der Waals surface area (Å²) in [5, 5.41) is 6.60. The number of aryl methyl sites for hydroxylation is 1. The molecule has 0 saturated carbocycles. The van der Waals surface area contributed by atoms with Crippen molar-refractivity contribution < 1.29 is 9.53 Å². The lowest BCUT2D eigenvalue weighted by molar-refractivity contribution is 0.252. The number of urea groups is 1. The van der Waals surface area contributed by atoms with Crippen molar-refractivity contribution in [1.29, 1.82) is 0 Å². The first-order valence-electron chi connectivity index (χ1n) is 6.49. The Morgan fingerprint density at radius 1 is 1.19 bits per heavy atom. The van der Waals surface area contributed by atoms with Crippen molar-refractivity contribution in [2.45, 2.75) is 6.92 Å². The van der Waals surface area contributed by atoms with Gasteiger partial charge in [-0.05, 0) is 36.8 Å². The number of amides is 2. The van der Waals surface area contributed by atoms with Crippen LogP contribution in [-0.4, -0.2) is 19.4 Å². The third-order valence-corrected chi connectivity index (χ3v) is 2.78. The minimum atomic E-state index is -0.397. The predicted molar refractivity (Wildman–Crippen MR) is 83.9 cm³/mol. The van der Waals surface area contributed by atoms with Gasteiger partial charge in [-0.15, -0.1) is 0 Å². The summed E-state index contributed by atoms with van der Waals surface area (Å²) in [6.45, 7) is 1.96. The van der Waals surface area contributed by atoms with Gasteiger partial charge in [0.15, 0.2) is 0 Å². The normalized spacial score (nSPS) is 10.4. The predicted octanol–water partition coefficient (Wildman–Crippen LogP) is 3.16.